The van der Waals surface area contributed by atoms with Gasteiger partial charge in [0, 0.05) is 16.3 Å². The van der Waals surface area contributed by atoms with Gasteiger partial charge < -0.3 is 5.32 Å². The van der Waals surface area contributed by atoms with Gasteiger partial charge in [0.1, 0.15) is 0 Å². The fourth-order valence-corrected chi connectivity index (χ4v) is 2.84. The van der Waals surface area contributed by atoms with E-state index in [4.69, 9.17) is 11.6 Å². The monoisotopic (exact) mass is 295 g/mol. The first-order valence-electron chi connectivity index (χ1n) is 6.33. The Hall–Kier alpha value is -1.13. The van der Waals surface area contributed by atoms with Crippen LogP contribution in [0.5, 0.6) is 0 Å². The highest BCUT2D eigenvalue weighted by atomic mass is 35.5. The molecule has 2 heterocycles. The molecule has 0 fully saturated rings. The lowest BCUT2D eigenvalue weighted by Gasteiger charge is -2.14. The molecule has 0 saturated carbocycles. The molecule has 19 heavy (non-hydrogen) atoms. The molecule has 0 aromatic carbocycles. The first-order chi connectivity index (χ1) is 8.95. The van der Waals surface area contributed by atoms with Crippen LogP contribution in [0.1, 0.15) is 49.0 Å². The van der Waals surface area contributed by atoms with Gasteiger partial charge in [0.25, 0.3) is 0 Å². The number of nitrogens with zero attached hydrogens (tertiary/aromatic N) is 2. The van der Waals surface area contributed by atoms with Crippen LogP contribution in [0.25, 0.3) is 0 Å². The third kappa shape index (κ3) is 3.67. The topological polar surface area (TPSA) is 37.8 Å². The zero-order valence-corrected chi connectivity index (χ0v) is 13.1. The van der Waals surface area contributed by atoms with E-state index in [1.165, 1.54) is 4.88 Å². The zero-order chi connectivity index (χ0) is 14.0. The van der Waals surface area contributed by atoms with Crippen molar-refractivity contribution in [2.45, 2.75) is 39.7 Å². The number of aromatic nitrogens is 2. The van der Waals surface area contributed by atoms with Gasteiger partial charge in [0.15, 0.2) is 0 Å². The molecule has 0 aliphatic rings. The van der Waals surface area contributed by atoms with Gasteiger partial charge in [0.2, 0.25) is 5.95 Å². The number of anilines is 1. The molecule has 5 heteroatoms. The summed E-state index contributed by atoms with van der Waals surface area (Å²) in [6, 6.07) is 6.13. The average molecular weight is 296 g/mol. The van der Waals surface area contributed by atoms with Crippen molar-refractivity contribution in [3.8, 4) is 0 Å². The minimum absolute atomic E-state index is 0.152. The van der Waals surface area contributed by atoms with Gasteiger partial charge >= 0.3 is 0 Å². The van der Waals surface area contributed by atoms with Crippen LogP contribution in [0.3, 0.4) is 0 Å². The van der Waals surface area contributed by atoms with Crippen molar-refractivity contribution in [1.29, 1.82) is 0 Å². The Bertz CT molecular complexity index is 566. The minimum Gasteiger partial charge on any atom is -0.347 e. The summed E-state index contributed by atoms with van der Waals surface area (Å²) < 4.78 is 0.802. The molecule has 1 unspecified atom stereocenters. The Labute approximate surface area is 123 Å². The van der Waals surface area contributed by atoms with Gasteiger partial charge in [-0.15, -0.1) is 11.3 Å². The molecule has 0 aliphatic heterocycles. The summed E-state index contributed by atoms with van der Waals surface area (Å²) in [5.41, 5.74) is 2.05. The number of hydrogen-bond donors (Lipinski definition) is 1. The van der Waals surface area contributed by atoms with Crippen molar-refractivity contribution in [2.75, 3.05) is 5.32 Å². The third-order valence-electron chi connectivity index (χ3n) is 2.83. The highest BCUT2D eigenvalue weighted by Crippen LogP contribution is 2.28. The number of nitrogens with one attached hydrogen (secondary N) is 1. The fraction of sp³-hybridized carbons (Fsp3) is 0.429. The summed E-state index contributed by atoms with van der Waals surface area (Å²) in [7, 11) is 0. The maximum Gasteiger partial charge on any atom is 0.223 e. The third-order valence-corrected chi connectivity index (χ3v) is 4.25. The SMILES string of the molecule is Cc1cc(C(C)C)nc(NC(C)c2ccc(Cl)s2)n1. The molecule has 0 bridgehead atoms. The van der Waals surface area contributed by atoms with Crippen LogP contribution in [0, 0.1) is 6.92 Å². The summed E-state index contributed by atoms with van der Waals surface area (Å²) in [4.78, 5) is 10.2. The number of aryl methyl sites for hydroxylation is 1. The van der Waals surface area contributed by atoms with Crippen LogP contribution < -0.4 is 5.32 Å². The lowest BCUT2D eigenvalue weighted by atomic mass is 10.1. The Morgan fingerprint density at radius 2 is 1.95 bits per heavy atom. The zero-order valence-electron chi connectivity index (χ0n) is 11.6. The molecule has 1 N–H and O–H groups in total. The second-order valence-electron chi connectivity index (χ2n) is 4.92. The van der Waals surface area contributed by atoms with E-state index < -0.39 is 0 Å². The van der Waals surface area contributed by atoms with Gasteiger partial charge in [-0.1, -0.05) is 25.4 Å². The molecule has 0 amide bonds. The normalized spacial score (nSPS) is 12.7. The van der Waals surface area contributed by atoms with E-state index in [1.807, 2.05) is 25.1 Å². The van der Waals surface area contributed by atoms with Crippen LogP contribution in [-0.4, -0.2) is 9.97 Å². The Kier molecular flexibility index (Phi) is 4.42. The van der Waals surface area contributed by atoms with Gasteiger partial charge in [-0.3, -0.25) is 0 Å². The number of hydrogen-bond acceptors (Lipinski definition) is 4. The number of thiophene rings is 1. The van der Waals surface area contributed by atoms with E-state index in [1.54, 1.807) is 11.3 Å². The van der Waals surface area contributed by atoms with Crippen molar-refractivity contribution < 1.29 is 0 Å². The molecule has 2 rings (SSSR count). The Morgan fingerprint density at radius 1 is 1.21 bits per heavy atom. The Balaban J connectivity index is 2.18. The lowest BCUT2D eigenvalue weighted by Crippen LogP contribution is -2.10. The molecular formula is C14H18ClN3S. The van der Waals surface area contributed by atoms with E-state index in [9.17, 15) is 0 Å². The predicted molar refractivity (Wildman–Crippen MR) is 82.2 cm³/mol. The minimum atomic E-state index is 0.152. The van der Waals surface area contributed by atoms with Crippen molar-refractivity contribution >= 4 is 28.9 Å². The molecule has 1 atom stereocenters. The van der Waals surface area contributed by atoms with Gasteiger partial charge in [-0.05, 0) is 38.0 Å². The van der Waals surface area contributed by atoms with Crippen molar-refractivity contribution in [3.63, 3.8) is 0 Å². The van der Waals surface area contributed by atoms with Crippen LogP contribution in [-0.2, 0) is 0 Å². The quantitative estimate of drug-likeness (QED) is 0.880. The number of rotatable bonds is 4. The lowest BCUT2D eigenvalue weighted by molar-refractivity contribution is 0.797. The Morgan fingerprint density at radius 3 is 2.53 bits per heavy atom. The second kappa shape index (κ2) is 5.88. The predicted octanol–water partition coefficient (Wildman–Crippen LogP) is 4.80. The molecule has 2 aromatic heterocycles. The molecule has 102 valence electrons. The largest absolute Gasteiger partial charge is 0.347 e. The molecule has 2 aromatic rings. The maximum atomic E-state index is 5.96. The average Bonchev–Trinajstić information content (AvgIpc) is 2.75. The summed E-state index contributed by atoms with van der Waals surface area (Å²) in [5, 5.41) is 3.34. The van der Waals surface area contributed by atoms with Crippen molar-refractivity contribution in [3.05, 3.63) is 38.8 Å². The van der Waals surface area contributed by atoms with Crippen molar-refractivity contribution in [2.24, 2.45) is 0 Å². The van der Waals surface area contributed by atoms with Gasteiger partial charge in [-0.2, -0.15) is 0 Å². The highest BCUT2D eigenvalue weighted by molar-refractivity contribution is 7.16. The van der Waals surface area contributed by atoms with E-state index >= 15 is 0 Å². The van der Waals surface area contributed by atoms with Gasteiger partial charge in [0.05, 0.1) is 10.4 Å². The van der Waals surface area contributed by atoms with Crippen LogP contribution in [0.2, 0.25) is 4.34 Å². The first-order valence-corrected chi connectivity index (χ1v) is 7.52. The molecular weight excluding hydrogens is 278 g/mol. The summed E-state index contributed by atoms with van der Waals surface area (Å²) in [6.45, 7) is 8.34. The fourth-order valence-electron chi connectivity index (χ4n) is 1.78. The van der Waals surface area contributed by atoms with Crippen molar-refractivity contribution in [1.82, 2.24) is 9.97 Å². The number of halogens is 1. The summed E-state index contributed by atoms with van der Waals surface area (Å²) >= 11 is 7.54. The summed E-state index contributed by atoms with van der Waals surface area (Å²) in [5.74, 6) is 1.08. The molecule has 3 nitrogen and oxygen atoms in total. The molecule has 0 spiro atoms. The smallest absolute Gasteiger partial charge is 0.223 e. The summed E-state index contributed by atoms with van der Waals surface area (Å²) in [6.07, 6.45) is 0. The van der Waals surface area contributed by atoms with E-state index in [0.717, 1.165) is 15.7 Å². The maximum absolute atomic E-state index is 5.96. The first kappa shape index (κ1) is 14.3. The second-order valence-corrected chi connectivity index (χ2v) is 6.67. The van der Waals surface area contributed by atoms with E-state index in [-0.39, 0.29) is 6.04 Å². The highest BCUT2D eigenvalue weighted by Gasteiger charge is 2.11. The van der Waals surface area contributed by atoms with Crippen LogP contribution in [0.4, 0.5) is 5.95 Å². The van der Waals surface area contributed by atoms with E-state index in [2.05, 4.69) is 36.1 Å². The standard InChI is InChI=1S/C14H18ClN3S/c1-8(2)11-7-9(3)16-14(18-11)17-10(4)12-5-6-13(15)19-12/h5-8,10H,1-4H3,(H,16,17,18). The molecule has 0 radical (unpaired) electrons. The molecule has 0 saturated heterocycles. The molecule has 0 aliphatic carbocycles. The van der Waals surface area contributed by atoms with E-state index in [0.29, 0.717) is 11.9 Å². The van der Waals surface area contributed by atoms with Gasteiger partial charge in [-0.25, -0.2) is 9.97 Å². The van der Waals surface area contributed by atoms with Crippen LogP contribution in [0.15, 0.2) is 18.2 Å². The van der Waals surface area contributed by atoms with Crippen LogP contribution >= 0.6 is 22.9 Å².